The van der Waals surface area contributed by atoms with E-state index in [4.69, 9.17) is 0 Å². The van der Waals surface area contributed by atoms with Crippen molar-refractivity contribution >= 4 is 0 Å². The van der Waals surface area contributed by atoms with Crippen molar-refractivity contribution in [1.29, 1.82) is 0 Å². The number of hydrogen-bond donors (Lipinski definition) is 1. The zero-order chi connectivity index (χ0) is 15.1. The van der Waals surface area contributed by atoms with E-state index in [1.54, 1.807) is 12.1 Å². The van der Waals surface area contributed by atoms with Crippen molar-refractivity contribution in [1.82, 2.24) is 10.2 Å². The van der Waals surface area contributed by atoms with Crippen LogP contribution in [0.1, 0.15) is 42.9 Å². The molecule has 0 unspecified atom stereocenters. The molecule has 1 aromatic rings. The standard InChI is InChI=1S/C18H27FN2/c1-3-4-5-6-7-18(21-12-10-20-11-13-21)17-14-16(19)9-8-15(17)2/h3,8-9,14,18,20H,1,4-7,10-13H2,2H3/t18-/m0/s1. The van der Waals surface area contributed by atoms with Gasteiger partial charge in [0.05, 0.1) is 0 Å². The molecule has 1 aliphatic heterocycles. The minimum Gasteiger partial charge on any atom is -0.314 e. The van der Waals surface area contributed by atoms with Crippen molar-refractivity contribution in [2.75, 3.05) is 26.2 Å². The molecule has 21 heavy (non-hydrogen) atoms. The van der Waals surface area contributed by atoms with Crippen LogP contribution in [0.5, 0.6) is 0 Å². The predicted molar refractivity (Wildman–Crippen MR) is 87.0 cm³/mol. The Hall–Kier alpha value is -1.19. The van der Waals surface area contributed by atoms with Gasteiger partial charge in [0.25, 0.3) is 0 Å². The SMILES string of the molecule is C=CCCCC[C@@H](c1cc(F)ccc1C)N1CCNCC1. The van der Waals surface area contributed by atoms with E-state index in [0.717, 1.165) is 51.0 Å². The van der Waals surface area contributed by atoms with Gasteiger partial charge in [-0.1, -0.05) is 18.6 Å². The lowest BCUT2D eigenvalue weighted by Crippen LogP contribution is -2.45. The molecule has 0 amide bonds. The van der Waals surface area contributed by atoms with E-state index in [2.05, 4.69) is 23.7 Å². The summed E-state index contributed by atoms with van der Waals surface area (Å²) in [4.78, 5) is 2.51. The summed E-state index contributed by atoms with van der Waals surface area (Å²) in [6, 6.07) is 5.54. The van der Waals surface area contributed by atoms with Gasteiger partial charge in [0, 0.05) is 32.2 Å². The average molecular weight is 290 g/mol. The molecule has 0 bridgehead atoms. The normalized spacial score (nSPS) is 17.6. The number of benzene rings is 1. The smallest absolute Gasteiger partial charge is 0.123 e. The van der Waals surface area contributed by atoms with E-state index in [1.807, 2.05) is 12.1 Å². The van der Waals surface area contributed by atoms with E-state index in [1.165, 1.54) is 12.0 Å². The lowest BCUT2D eigenvalue weighted by Gasteiger charge is -2.36. The van der Waals surface area contributed by atoms with Crippen LogP contribution in [-0.4, -0.2) is 31.1 Å². The fraction of sp³-hybridized carbons (Fsp3) is 0.556. The van der Waals surface area contributed by atoms with Crippen LogP contribution in [0.15, 0.2) is 30.9 Å². The molecule has 1 aliphatic rings. The molecule has 2 nitrogen and oxygen atoms in total. The van der Waals surface area contributed by atoms with E-state index in [-0.39, 0.29) is 5.82 Å². The Morgan fingerprint density at radius 1 is 1.33 bits per heavy atom. The number of unbranched alkanes of at least 4 members (excludes halogenated alkanes) is 2. The molecule has 0 aliphatic carbocycles. The first kappa shape index (κ1) is 16.2. The second kappa shape index (κ2) is 8.30. The lowest BCUT2D eigenvalue weighted by atomic mass is 9.94. The fourth-order valence-electron chi connectivity index (χ4n) is 3.13. The van der Waals surface area contributed by atoms with Crippen molar-refractivity contribution in [3.05, 3.63) is 47.8 Å². The molecule has 3 heteroatoms. The predicted octanol–water partition coefficient (Wildman–Crippen LogP) is 3.83. The topological polar surface area (TPSA) is 15.3 Å². The van der Waals surface area contributed by atoms with Crippen molar-refractivity contribution in [3.8, 4) is 0 Å². The molecule has 1 N–H and O–H groups in total. The molecule has 1 saturated heterocycles. The lowest BCUT2D eigenvalue weighted by molar-refractivity contribution is 0.162. The molecule has 1 heterocycles. The van der Waals surface area contributed by atoms with Gasteiger partial charge in [-0.15, -0.1) is 6.58 Å². The second-order valence-corrected chi connectivity index (χ2v) is 5.88. The summed E-state index contributed by atoms with van der Waals surface area (Å²) < 4.78 is 13.7. The highest BCUT2D eigenvalue weighted by Gasteiger charge is 2.23. The largest absolute Gasteiger partial charge is 0.314 e. The number of aryl methyl sites for hydroxylation is 1. The highest BCUT2D eigenvalue weighted by atomic mass is 19.1. The van der Waals surface area contributed by atoms with Gasteiger partial charge >= 0.3 is 0 Å². The highest BCUT2D eigenvalue weighted by molar-refractivity contribution is 5.29. The average Bonchev–Trinajstić information content (AvgIpc) is 2.51. The summed E-state index contributed by atoms with van der Waals surface area (Å²) in [5.41, 5.74) is 2.36. The molecule has 1 aromatic carbocycles. The number of nitrogens with one attached hydrogen (secondary N) is 1. The van der Waals surface area contributed by atoms with E-state index < -0.39 is 0 Å². The third kappa shape index (κ3) is 4.65. The van der Waals surface area contributed by atoms with E-state index in [0.29, 0.717) is 6.04 Å². The van der Waals surface area contributed by atoms with Crippen molar-refractivity contribution < 1.29 is 4.39 Å². The van der Waals surface area contributed by atoms with E-state index >= 15 is 0 Å². The highest BCUT2D eigenvalue weighted by Crippen LogP contribution is 2.30. The van der Waals surface area contributed by atoms with Crippen molar-refractivity contribution in [2.45, 2.75) is 38.6 Å². The third-order valence-corrected chi connectivity index (χ3v) is 4.33. The first-order valence-corrected chi connectivity index (χ1v) is 8.04. The summed E-state index contributed by atoms with van der Waals surface area (Å²) in [6.07, 6.45) is 6.47. The Labute approximate surface area is 128 Å². The second-order valence-electron chi connectivity index (χ2n) is 5.88. The van der Waals surface area contributed by atoms with Gasteiger partial charge in [-0.05, 0) is 49.4 Å². The number of nitrogens with zero attached hydrogens (tertiary/aromatic N) is 1. The third-order valence-electron chi connectivity index (χ3n) is 4.33. The van der Waals surface area contributed by atoms with Gasteiger partial charge in [0.2, 0.25) is 0 Å². The molecule has 0 aromatic heterocycles. The van der Waals surface area contributed by atoms with Gasteiger partial charge in [-0.25, -0.2) is 4.39 Å². The number of halogens is 1. The molecule has 0 saturated carbocycles. The Morgan fingerprint density at radius 2 is 2.10 bits per heavy atom. The maximum atomic E-state index is 13.7. The molecular formula is C18H27FN2. The van der Waals surface area contributed by atoms with Crippen LogP contribution in [0.2, 0.25) is 0 Å². The van der Waals surface area contributed by atoms with Crippen LogP contribution < -0.4 is 5.32 Å². The number of allylic oxidation sites excluding steroid dienone is 1. The summed E-state index contributed by atoms with van der Waals surface area (Å²) in [6.45, 7) is 10.0. The number of rotatable bonds is 7. The summed E-state index contributed by atoms with van der Waals surface area (Å²) in [5, 5.41) is 3.39. The fourth-order valence-corrected chi connectivity index (χ4v) is 3.13. The monoisotopic (exact) mass is 290 g/mol. The molecule has 0 radical (unpaired) electrons. The Bertz CT molecular complexity index is 453. The van der Waals surface area contributed by atoms with Crippen molar-refractivity contribution in [2.24, 2.45) is 0 Å². The van der Waals surface area contributed by atoms with Crippen LogP contribution in [0.25, 0.3) is 0 Å². The van der Waals surface area contributed by atoms with Crippen LogP contribution in [-0.2, 0) is 0 Å². The maximum absolute atomic E-state index is 13.7. The maximum Gasteiger partial charge on any atom is 0.123 e. The number of hydrogen-bond acceptors (Lipinski definition) is 2. The van der Waals surface area contributed by atoms with E-state index in [9.17, 15) is 4.39 Å². The quantitative estimate of drug-likeness (QED) is 0.606. The van der Waals surface area contributed by atoms with Gasteiger partial charge in [-0.3, -0.25) is 4.90 Å². The minimum atomic E-state index is -0.123. The Morgan fingerprint density at radius 3 is 2.81 bits per heavy atom. The minimum absolute atomic E-state index is 0.123. The van der Waals surface area contributed by atoms with Gasteiger partial charge in [-0.2, -0.15) is 0 Å². The van der Waals surface area contributed by atoms with Crippen molar-refractivity contribution in [3.63, 3.8) is 0 Å². The Kier molecular flexibility index (Phi) is 6.40. The van der Waals surface area contributed by atoms with Crippen LogP contribution in [0, 0.1) is 12.7 Å². The van der Waals surface area contributed by atoms with Crippen LogP contribution in [0.4, 0.5) is 4.39 Å². The molecule has 1 atom stereocenters. The van der Waals surface area contributed by atoms with Gasteiger partial charge in [0.15, 0.2) is 0 Å². The number of piperazine rings is 1. The Balaban J connectivity index is 2.13. The summed E-state index contributed by atoms with van der Waals surface area (Å²) >= 11 is 0. The molecule has 0 spiro atoms. The van der Waals surface area contributed by atoms with Crippen LogP contribution in [0.3, 0.4) is 0 Å². The summed E-state index contributed by atoms with van der Waals surface area (Å²) in [5.74, 6) is -0.123. The zero-order valence-corrected chi connectivity index (χ0v) is 13.1. The molecule has 1 fully saturated rings. The first-order valence-electron chi connectivity index (χ1n) is 8.04. The van der Waals surface area contributed by atoms with Crippen LogP contribution >= 0.6 is 0 Å². The molecule has 116 valence electrons. The molecule has 2 rings (SSSR count). The summed E-state index contributed by atoms with van der Waals surface area (Å²) in [7, 11) is 0. The first-order chi connectivity index (χ1) is 10.2. The molecular weight excluding hydrogens is 263 g/mol. The van der Waals surface area contributed by atoms with Gasteiger partial charge < -0.3 is 5.32 Å². The van der Waals surface area contributed by atoms with Gasteiger partial charge in [0.1, 0.15) is 5.82 Å². The zero-order valence-electron chi connectivity index (χ0n) is 13.1.